The highest BCUT2D eigenvalue weighted by Crippen LogP contribution is 2.23. The van der Waals surface area contributed by atoms with Gasteiger partial charge in [0, 0.05) is 19.7 Å². The number of aryl methyl sites for hydroxylation is 1. The van der Waals surface area contributed by atoms with Crippen molar-refractivity contribution >= 4 is 5.82 Å². The molecule has 0 atom stereocenters. The molecule has 1 heterocycles. The molecular formula is C10H12N4. The van der Waals surface area contributed by atoms with Crippen LogP contribution in [0.2, 0.25) is 0 Å². The first kappa shape index (κ1) is 8.74. The molecule has 0 amide bonds. The minimum atomic E-state index is 0.885. The van der Waals surface area contributed by atoms with E-state index < -0.39 is 0 Å². The molecule has 0 aliphatic heterocycles. The number of benzene rings is 1. The fourth-order valence-electron chi connectivity index (χ4n) is 1.43. The van der Waals surface area contributed by atoms with E-state index in [-0.39, 0.29) is 0 Å². The molecule has 72 valence electrons. The summed E-state index contributed by atoms with van der Waals surface area (Å²) in [5.41, 5.74) is 1.96. The number of hydrogen-bond donors (Lipinski definition) is 1. The number of nitrogens with one attached hydrogen (secondary N) is 1. The molecule has 0 aliphatic carbocycles. The molecule has 1 aromatic carbocycles. The van der Waals surface area contributed by atoms with Crippen molar-refractivity contribution in [2.24, 2.45) is 7.05 Å². The summed E-state index contributed by atoms with van der Waals surface area (Å²) in [6, 6.07) is 10.0. The Hall–Kier alpha value is -1.84. The van der Waals surface area contributed by atoms with Crippen LogP contribution in [0.4, 0.5) is 5.82 Å². The van der Waals surface area contributed by atoms with Crippen molar-refractivity contribution in [3.8, 4) is 11.3 Å². The van der Waals surface area contributed by atoms with E-state index in [0.29, 0.717) is 0 Å². The molecule has 0 fully saturated rings. The summed E-state index contributed by atoms with van der Waals surface area (Å²) in [6.45, 7) is 0. The van der Waals surface area contributed by atoms with Crippen LogP contribution in [-0.2, 0) is 7.05 Å². The number of nitrogens with zero attached hydrogens (tertiary/aromatic N) is 3. The predicted molar refractivity (Wildman–Crippen MR) is 56.0 cm³/mol. The fraction of sp³-hybridized carbons (Fsp3) is 0.200. The molecule has 0 spiro atoms. The van der Waals surface area contributed by atoms with Gasteiger partial charge in [-0.2, -0.15) is 0 Å². The van der Waals surface area contributed by atoms with Crippen molar-refractivity contribution < 1.29 is 0 Å². The fourth-order valence-corrected chi connectivity index (χ4v) is 1.43. The second-order valence-electron chi connectivity index (χ2n) is 3.03. The van der Waals surface area contributed by atoms with Gasteiger partial charge in [0.2, 0.25) is 0 Å². The highest BCUT2D eigenvalue weighted by atomic mass is 15.4. The van der Waals surface area contributed by atoms with Gasteiger partial charge in [-0.15, -0.1) is 5.10 Å². The first-order chi connectivity index (χ1) is 6.83. The van der Waals surface area contributed by atoms with Crippen molar-refractivity contribution in [1.82, 2.24) is 15.0 Å². The second-order valence-corrected chi connectivity index (χ2v) is 3.03. The summed E-state index contributed by atoms with van der Waals surface area (Å²) < 4.78 is 1.72. The maximum Gasteiger partial charge on any atom is 0.152 e. The third kappa shape index (κ3) is 1.35. The lowest BCUT2D eigenvalue weighted by Crippen LogP contribution is -1.99. The largest absolute Gasteiger partial charge is 0.371 e. The third-order valence-corrected chi connectivity index (χ3v) is 2.11. The van der Waals surface area contributed by atoms with E-state index in [1.807, 2.05) is 44.4 Å². The molecule has 4 nitrogen and oxygen atoms in total. The number of anilines is 1. The van der Waals surface area contributed by atoms with Gasteiger partial charge in [-0.25, -0.2) is 4.68 Å². The first-order valence-corrected chi connectivity index (χ1v) is 4.46. The second kappa shape index (κ2) is 3.49. The van der Waals surface area contributed by atoms with Crippen LogP contribution >= 0.6 is 0 Å². The van der Waals surface area contributed by atoms with Gasteiger partial charge in [0.15, 0.2) is 5.82 Å². The van der Waals surface area contributed by atoms with Crippen LogP contribution in [0, 0.1) is 0 Å². The maximum atomic E-state index is 4.11. The summed E-state index contributed by atoms with van der Waals surface area (Å²) in [6.07, 6.45) is 0. The van der Waals surface area contributed by atoms with Gasteiger partial charge in [0.25, 0.3) is 0 Å². The Kier molecular flexibility index (Phi) is 2.18. The summed E-state index contributed by atoms with van der Waals surface area (Å²) in [5, 5.41) is 11.2. The zero-order valence-electron chi connectivity index (χ0n) is 8.23. The van der Waals surface area contributed by atoms with Crippen LogP contribution in [0.5, 0.6) is 0 Å². The molecule has 2 aromatic rings. The molecule has 1 aromatic heterocycles. The molecule has 0 aliphatic rings. The molecular weight excluding hydrogens is 176 g/mol. The Morgan fingerprint density at radius 2 is 1.93 bits per heavy atom. The molecule has 14 heavy (non-hydrogen) atoms. The van der Waals surface area contributed by atoms with Crippen molar-refractivity contribution in [2.45, 2.75) is 0 Å². The van der Waals surface area contributed by atoms with Crippen LogP contribution < -0.4 is 5.32 Å². The van der Waals surface area contributed by atoms with Crippen molar-refractivity contribution in [1.29, 1.82) is 0 Å². The average molecular weight is 188 g/mol. The molecule has 0 radical (unpaired) electrons. The standard InChI is InChI=1S/C10H12N4/c1-11-10-9(12-13-14(10)2)8-6-4-3-5-7-8/h3-7,11H,1-2H3. The molecule has 0 unspecified atom stereocenters. The van der Waals surface area contributed by atoms with E-state index in [0.717, 1.165) is 17.1 Å². The van der Waals surface area contributed by atoms with E-state index in [1.54, 1.807) is 4.68 Å². The highest BCUT2D eigenvalue weighted by molar-refractivity contribution is 5.70. The Balaban J connectivity index is 2.52. The summed E-state index contributed by atoms with van der Waals surface area (Å²) in [5.74, 6) is 0.927. The number of rotatable bonds is 2. The van der Waals surface area contributed by atoms with Gasteiger partial charge in [-0.05, 0) is 0 Å². The van der Waals surface area contributed by atoms with Crippen molar-refractivity contribution in [2.75, 3.05) is 12.4 Å². The van der Waals surface area contributed by atoms with Gasteiger partial charge in [0.1, 0.15) is 5.69 Å². The Morgan fingerprint density at radius 3 is 2.57 bits per heavy atom. The van der Waals surface area contributed by atoms with E-state index in [9.17, 15) is 0 Å². The Bertz CT molecular complexity index is 419. The van der Waals surface area contributed by atoms with Crippen LogP contribution in [0.1, 0.15) is 0 Å². The molecule has 0 bridgehead atoms. The number of aromatic nitrogens is 3. The molecule has 4 heteroatoms. The number of hydrogen-bond acceptors (Lipinski definition) is 3. The monoisotopic (exact) mass is 188 g/mol. The average Bonchev–Trinajstić information content (AvgIpc) is 2.61. The van der Waals surface area contributed by atoms with E-state index >= 15 is 0 Å². The molecule has 1 N–H and O–H groups in total. The molecule has 0 saturated carbocycles. The minimum absolute atomic E-state index is 0.885. The zero-order chi connectivity index (χ0) is 9.97. The lowest BCUT2D eigenvalue weighted by atomic mass is 10.1. The lowest BCUT2D eigenvalue weighted by Gasteiger charge is -2.02. The van der Waals surface area contributed by atoms with Crippen LogP contribution in [0.3, 0.4) is 0 Å². The van der Waals surface area contributed by atoms with Crippen LogP contribution in [0.25, 0.3) is 11.3 Å². The van der Waals surface area contributed by atoms with Gasteiger partial charge in [-0.3, -0.25) is 0 Å². The predicted octanol–water partition coefficient (Wildman–Crippen LogP) is 1.52. The van der Waals surface area contributed by atoms with E-state index in [1.165, 1.54) is 0 Å². The quantitative estimate of drug-likeness (QED) is 0.777. The smallest absolute Gasteiger partial charge is 0.152 e. The third-order valence-electron chi connectivity index (χ3n) is 2.11. The van der Waals surface area contributed by atoms with E-state index in [2.05, 4.69) is 15.6 Å². The Morgan fingerprint density at radius 1 is 1.21 bits per heavy atom. The van der Waals surface area contributed by atoms with Crippen molar-refractivity contribution in [3.63, 3.8) is 0 Å². The molecule has 2 rings (SSSR count). The lowest BCUT2D eigenvalue weighted by molar-refractivity contribution is 0.720. The minimum Gasteiger partial charge on any atom is -0.371 e. The topological polar surface area (TPSA) is 42.7 Å². The van der Waals surface area contributed by atoms with Crippen molar-refractivity contribution in [3.05, 3.63) is 30.3 Å². The normalized spacial score (nSPS) is 10.1. The maximum absolute atomic E-state index is 4.11. The van der Waals surface area contributed by atoms with Gasteiger partial charge in [-0.1, -0.05) is 35.5 Å². The zero-order valence-corrected chi connectivity index (χ0v) is 8.23. The summed E-state index contributed by atoms with van der Waals surface area (Å²) in [7, 11) is 3.73. The van der Waals surface area contributed by atoms with Gasteiger partial charge < -0.3 is 5.32 Å². The van der Waals surface area contributed by atoms with Crippen LogP contribution in [-0.4, -0.2) is 22.0 Å². The van der Waals surface area contributed by atoms with E-state index in [4.69, 9.17) is 0 Å². The Labute approximate surface area is 82.6 Å². The highest BCUT2D eigenvalue weighted by Gasteiger charge is 2.09. The summed E-state index contributed by atoms with van der Waals surface area (Å²) in [4.78, 5) is 0. The summed E-state index contributed by atoms with van der Waals surface area (Å²) >= 11 is 0. The van der Waals surface area contributed by atoms with Gasteiger partial charge >= 0.3 is 0 Å². The first-order valence-electron chi connectivity index (χ1n) is 4.46. The SMILES string of the molecule is CNc1c(-c2ccccc2)nnn1C. The van der Waals surface area contributed by atoms with Crippen LogP contribution in [0.15, 0.2) is 30.3 Å². The van der Waals surface area contributed by atoms with Gasteiger partial charge in [0.05, 0.1) is 0 Å². The molecule has 0 saturated heterocycles.